The minimum absolute atomic E-state index is 0.0544. The first kappa shape index (κ1) is 14.2. The van der Waals surface area contributed by atoms with Gasteiger partial charge in [-0.05, 0) is 12.8 Å². The topological polar surface area (TPSA) is 105 Å². The van der Waals surface area contributed by atoms with E-state index in [0.717, 1.165) is 25.7 Å². The van der Waals surface area contributed by atoms with E-state index in [4.69, 9.17) is 20.3 Å². The fourth-order valence-electron chi connectivity index (χ4n) is 2.61. The van der Waals surface area contributed by atoms with Crippen LogP contribution < -0.4 is 5.73 Å². The molecule has 0 unspecified atom stereocenters. The van der Waals surface area contributed by atoms with Crippen LogP contribution in [0.3, 0.4) is 0 Å². The normalized spacial score (nSPS) is 46.0. The van der Waals surface area contributed by atoms with E-state index < -0.39 is 24.6 Å². The zero-order valence-corrected chi connectivity index (χ0v) is 10.4. The van der Waals surface area contributed by atoms with E-state index in [1.165, 1.54) is 0 Å². The van der Waals surface area contributed by atoms with E-state index in [0.29, 0.717) is 0 Å². The summed E-state index contributed by atoms with van der Waals surface area (Å²) in [4.78, 5) is 0. The summed E-state index contributed by atoms with van der Waals surface area (Å²) < 4.78 is 11.1. The van der Waals surface area contributed by atoms with Crippen LogP contribution >= 0.6 is 0 Å². The molecule has 2 aliphatic rings. The van der Waals surface area contributed by atoms with Gasteiger partial charge in [0.1, 0.15) is 6.10 Å². The van der Waals surface area contributed by atoms with Crippen LogP contribution in [0.5, 0.6) is 0 Å². The summed E-state index contributed by atoms with van der Waals surface area (Å²) in [7, 11) is 0. The Morgan fingerprint density at radius 3 is 2.61 bits per heavy atom. The van der Waals surface area contributed by atoms with Gasteiger partial charge in [0.25, 0.3) is 0 Å². The van der Waals surface area contributed by atoms with E-state index in [-0.39, 0.29) is 25.2 Å². The van der Waals surface area contributed by atoms with E-state index >= 15 is 0 Å². The Labute approximate surface area is 107 Å². The Morgan fingerprint density at radius 1 is 1.22 bits per heavy atom. The average Bonchev–Trinajstić information content (AvgIpc) is 2.37. The molecule has 1 heterocycles. The highest BCUT2D eigenvalue weighted by atomic mass is 16.7. The molecule has 1 saturated carbocycles. The van der Waals surface area contributed by atoms with Crippen molar-refractivity contribution in [1.29, 1.82) is 0 Å². The molecule has 0 spiro atoms. The Morgan fingerprint density at radius 2 is 1.94 bits per heavy atom. The van der Waals surface area contributed by atoms with Crippen molar-refractivity contribution < 1.29 is 24.8 Å². The third-order valence-corrected chi connectivity index (χ3v) is 3.77. The molecule has 18 heavy (non-hydrogen) atoms. The van der Waals surface area contributed by atoms with Crippen molar-refractivity contribution in [3.05, 3.63) is 0 Å². The van der Waals surface area contributed by atoms with Crippen molar-refractivity contribution in [1.82, 2.24) is 0 Å². The summed E-state index contributed by atoms with van der Waals surface area (Å²) in [6.07, 6.45) is 0.546. The van der Waals surface area contributed by atoms with Crippen LogP contribution in [0.2, 0.25) is 0 Å². The third-order valence-electron chi connectivity index (χ3n) is 3.77. The fourth-order valence-corrected chi connectivity index (χ4v) is 2.61. The lowest BCUT2D eigenvalue weighted by molar-refractivity contribution is -0.287. The number of nitrogens with two attached hydrogens (primary N) is 1. The van der Waals surface area contributed by atoms with Crippen LogP contribution in [0.4, 0.5) is 0 Å². The molecule has 6 heteroatoms. The lowest BCUT2D eigenvalue weighted by Gasteiger charge is -2.39. The van der Waals surface area contributed by atoms with Crippen LogP contribution in [0.15, 0.2) is 0 Å². The zero-order chi connectivity index (χ0) is 13.1. The molecule has 2 rings (SSSR count). The molecular weight excluding hydrogens is 238 g/mol. The predicted octanol–water partition coefficient (Wildman–Crippen LogP) is -0.898. The minimum atomic E-state index is -1.08. The minimum Gasteiger partial charge on any atom is -0.394 e. The van der Waals surface area contributed by atoms with Gasteiger partial charge in [0.2, 0.25) is 0 Å². The van der Waals surface area contributed by atoms with Crippen LogP contribution in [-0.2, 0) is 9.47 Å². The first-order valence-electron chi connectivity index (χ1n) is 6.65. The van der Waals surface area contributed by atoms with Gasteiger partial charge in [0.15, 0.2) is 6.29 Å². The molecule has 0 aromatic heterocycles. The van der Waals surface area contributed by atoms with Crippen LogP contribution in [-0.4, -0.2) is 58.7 Å². The Hall–Kier alpha value is -0.240. The number of rotatable bonds is 3. The van der Waals surface area contributed by atoms with Gasteiger partial charge >= 0.3 is 0 Å². The Bertz CT molecular complexity index is 265. The second kappa shape index (κ2) is 6.27. The monoisotopic (exact) mass is 261 g/mol. The Balaban J connectivity index is 1.93. The second-order valence-electron chi connectivity index (χ2n) is 5.23. The first-order valence-corrected chi connectivity index (χ1v) is 6.65. The molecule has 1 aliphatic carbocycles. The quantitative estimate of drug-likeness (QED) is 0.525. The zero-order valence-electron chi connectivity index (χ0n) is 10.4. The molecule has 6 atom stereocenters. The van der Waals surface area contributed by atoms with Crippen molar-refractivity contribution >= 4 is 0 Å². The molecular formula is C12H23NO5. The Kier molecular flexibility index (Phi) is 4.94. The molecule has 0 bridgehead atoms. The molecule has 0 aromatic carbocycles. The van der Waals surface area contributed by atoms with E-state index in [2.05, 4.69) is 0 Å². The van der Waals surface area contributed by atoms with E-state index in [9.17, 15) is 10.2 Å². The van der Waals surface area contributed by atoms with Crippen molar-refractivity contribution in [3.8, 4) is 0 Å². The van der Waals surface area contributed by atoms with Gasteiger partial charge in [-0.3, -0.25) is 0 Å². The maximum atomic E-state index is 9.85. The van der Waals surface area contributed by atoms with Gasteiger partial charge in [0, 0.05) is 12.5 Å². The molecule has 6 nitrogen and oxygen atoms in total. The van der Waals surface area contributed by atoms with Crippen molar-refractivity contribution in [2.45, 2.75) is 68.9 Å². The van der Waals surface area contributed by atoms with Gasteiger partial charge in [0.05, 0.1) is 24.9 Å². The first-order chi connectivity index (χ1) is 8.61. The summed E-state index contributed by atoms with van der Waals surface area (Å²) in [5.74, 6) is 0. The maximum absolute atomic E-state index is 9.85. The summed E-state index contributed by atoms with van der Waals surface area (Å²) >= 11 is 0. The van der Waals surface area contributed by atoms with Crippen molar-refractivity contribution in [2.24, 2.45) is 5.73 Å². The number of hydrogen-bond acceptors (Lipinski definition) is 6. The smallest absolute Gasteiger partial charge is 0.186 e. The van der Waals surface area contributed by atoms with E-state index in [1.807, 2.05) is 0 Å². The van der Waals surface area contributed by atoms with Gasteiger partial charge in [-0.25, -0.2) is 0 Å². The second-order valence-corrected chi connectivity index (χ2v) is 5.23. The highest BCUT2D eigenvalue weighted by Gasteiger charge is 2.39. The number of ether oxygens (including phenoxy) is 2. The molecule has 1 aliphatic heterocycles. The van der Waals surface area contributed by atoms with Crippen LogP contribution in [0.25, 0.3) is 0 Å². The third kappa shape index (κ3) is 3.20. The van der Waals surface area contributed by atoms with Gasteiger partial charge in [-0.1, -0.05) is 12.8 Å². The largest absolute Gasteiger partial charge is 0.394 e. The summed E-state index contributed by atoms with van der Waals surface area (Å²) in [5.41, 5.74) is 5.97. The number of hydrogen-bond donors (Lipinski definition) is 4. The molecule has 0 aromatic rings. The molecule has 1 saturated heterocycles. The summed E-state index contributed by atoms with van der Waals surface area (Å²) in [6, 6.07) is -0.0544. The SMILES string of the molecule is N[C@@H]1CCCC[C@H]1O[C@H]1O[C@H](CO)C[C@H](O)[C@H]1O. The number of aliphatic hydroxyl groups is 3. The molecule has 5 N–H and O–H groups in total. The summed E-state index contributed by atoms with van der Waals surface area (Å²) in [6.45, 7) is -0.194. The molecule has 0 amide bonds. The predicted molar refractivity (Wildman–Crippen MR) is 63.7 cm³/mol. The maximum Gasteiger partial charge on any atom is 0.186 e. The lowest BCUT2D eigenvalue weighted by atomic mass is 9.93. The average molecular weight is 261 g/mol. The standard InChI is InChI=1S/C12H23NO5/c13-8-3-1-2-4-10(8)18-12-11(16)9(15)5-7(6-14)17-12/h7-12,14-16H,1-6,13H2/t7-,8+,9-,10+,11+,12+/m0/s1. The van der Waals surface area contributed by atoms with E-state index in [1.54, 1.807) is 0 Å². The highest BCUT2D eigenvalue weighted by molar-refractivity contribution is 4.84. The molecule has 106 valence electrons. The number of aliphatic hydroxyl groups excluding tert-OH is 3. The molecule has 2 fully saturated rings. The summed E-state index contributed by atoms with van der Waals surface area (Å²) in [5, 5.41) is 28.6. The fraction of sp³-hybridized carbons (Fsp3) is 1.00. The van der Waals surface area contributed by atoms with Gasteiger partial charge < -0.3 is 30.5 Å². The van der Waals surface area contributed by atoms with Crippen LogP contribution in [0, 0.1) is 0 Å². The highest BCUT2D eigenvalue weighted by Crippen LogP contribution is 2.26. The lowest BCUT2D eigenvalue weighted by Crippen LogP contribution is -2.53. The molecule has 0 radical (unpaired) electrons. The van der Waals surface area contributed by atoms with Gasteiger partial charge in [-0.2, -0.15) is 0 Å². The van der Waals surface area contributed by atoms with Crippen LogP contribution in [0.1, 0.15) is 32.1 Å². The van der Waals surface area contributed by atoms with Crippen molar-refractivity contribution in [2.75, 3.05) is 6.61 Å². The van der Waals surface area contributed by atoms with Gasteiger partial charge in [-0.15, -0.1) is 0 Å². The van der Waals surface area contributed by atoms with Crippen molar-refractivity contribution in [3.63, 3.8) is 0 Å².